The Balaban J connectivity index is 2.17. The van der Waals surface area contributed by atoms with E-state index in [0.29, 0.717) is 12.0 Å². The molecule has 0 aliphatic carbocycles. The lowest BCUT2D eigenvalue weighted by molar-refractivity contribution is 0.181. The third-order valence-electron chi connectivity index (χ3n) is 2.58. The summed E-state index contributed by atoms with van der Waals surface area (Å²) in [6.07, 6.45) is -0.346. The molecule has 90 valence electrons. The van der Waals surface area contributed by atoms with E-state index in [4.69, 9.17) is 0 Å². The van der Waals surface area contributed by atoms with Crippen molar-refractivity contribution < 1.29 is 9.50 Å². The fourth-order valence-corrected chi connectivity index (χ4v) is 3.17. The molecule has 0 bridgehead atoms. The molecule has 0 aliphatic rings. The van der Waals surface area contributed by atoms with Gasteiger partial charge >= 0.3 is 0 Å². The van der Waals surface area contributed by atoms with Gasteiger partial charge in [0.25, 0.3) is 0 Å². The number of hydrogen-bond donors (Lipinski definition) is 1. The van der Waals surface area contributed by atoms with Gasteiger partial charge in [0.2, 0.25) is 0 Å². The van der Waals surface area contributed by atoms with E-state index in [2.05, 4.69) is 15.9 Å². The molecule has 0 radical (unpaired) electrons. The van der Waals surface area contributed by atoms with Crippen LogP contribution in [0.3, 0.4) is 0 Å². The number of thiophene rings is 1. The summed E-state index contributed by atoms with van der Waals surface area (Å²) in [5.74, 6) is -0.265. The quantitative estimate of drug-likeness (QED) is 0.898. The van der Waals surface area contributed by atoms with Crippen molar-refractivity contribution in [1.29, 1.82) is 0 Å². The molecular formula is C13H12BrFOS. The maximum absolute atomic E-state index is 13.4. The van der Waals surface area contributed by atoms with E-state index in [0.717, 1.165) is 14.2 Å². The van der Waals surface area contributed by atoms with E-state index in [1.165, 1.54) is 17.4 Å². The Morgan fingerprint density at radius 3 is 2.71 bits per heavy atom. The summed E-state index contributed by atoms with van der Waals surface area (Å²) in [5, 5.41) is 10.1. The van der Waals surface area contributed by atoms with Crippen molar-refractivity contribution in [2.75, 3.05) is 0 Å². The third-order valence-corrected chi connectivity index (χ3v) is 4.81. The van der Waals surface area contributed by atoms with Gasteiger partial charge in [-0.05, 0) is 40.5 Å². The maximum Gasteiger partial charge on any atom is 0.126 e. The summed E-state index contributed by atoms with van der Waals surface area (Å²) in [6.45, 7) is 1.98. The van der Waals surface area contributed by atoms with Crippen molar-refractivity contribution in [2.45, 2.75) is 19.4 Å². The molecule has 0 saturated carbocycles. The van der Waals surface area contributed by atoms with Crippen LogP contribution in [0.15, 0.2) is 34.8 Å². The molecule has 0 saturated heterocycles. The van der Waals surface area contributed by atoms with E-state index >= 15 is 0 Å². The summed E-state index contributed by atoms with van der Waals surface area (Å²) < 4.78 is 14.4. The summed E-state index contributed by atoms with van der Waals surface area (Å²) in [6, 6.07) is 8.44. The summed E-state index contributed by atoms with van der Waals surface area (Å²) in [5.41, 5.74) is 0.544. The minimum absolute atomic E-state index is 0.265. The average Bonchev–Trinajstić information content (AvgIpc) is 2.63. The second-order valence-corrected chi connectivity index (χ2v) is 6.01. The van der Waals surface area contributed by atoms with Crippen LogP contribution in [0.5, 0.6) is 0 Å². The van der Waals surface area contributed by atoms with Crippen LogP contribution in [-0.4, -0.2) is 5.11 Å². The van der Waals surface area contributed by atoms with Gasteiger partial charge in [-0.1, -0.05) is 18.2 Å². The Hall–Kier alpha value is -0.710. The Morgan fingerprint density at radius 2 is 2.12 bits per heavy atom. The van der Waals surface area contributed by atoms with E-state index in [-0.39, 0.29) is 5.82 Å². The average molecular weight is 315 g/mol. The molecule has 17 heavy (non-hydrogen) atoms. The highest BCUT2D eigenvalue weighted by Crippen LogP contribution is 2.32. The number of aliphatic hydroxyl groups is 1. The first kappa shape index (κ1) is 12.7. The van der Waals surface area contributed by atoms with Crippen LogP contribution >= 0.6 is 27.3 Å². The standard InChI is InChI=1S/C13H12BrFOS/c1-8-10(14)7-13(17-8)12(16)6-9-4-2-3-5-11(9)15/h2-5,7,12,16H,6H2,1H3. The molecule has 0 fully saturated rings. The van der Waals surface area contributed by atoms with Crippen molar-refractivity contribution in [3.05, 3.63) is 55.9 Å². The molecule has 1 aromatic heterocycles. The Kier molecular flexibility index (Phi) is 3.97. The van der Waals surface area contributed by atoms with E-state index < -0.39 is 6.10 Å². The smallest absolute Gasteiger partial charge is 0.126 e. The molecular weight excluding hydrogens is 303 g/mol. The molecule has 1 aromatic carbocycles. The third kappa shape index (κ3) is 2.94. The van der Waals surface area contributed by atoms with Crippen molar-refractivity contribution in [3.8, 4) is 0 Å². The normalized spacial score (nSPS) is 12.7. The first-order valence-electron chi connectivity index (χ1n) is 5.25. The number of aryl methyl sites for hydroxylation is 1. The van der Waals surface area contributed by atoms with Gasteiger partial charge in [-0.2, -0.15) is 0 Å². The van der Waals surface area contributed by atoms with E-state index in [9.17, 15) is 9.50 Å². The first-order chi connectivity index (χ1) is 8.08. The zero-order valence-corrected chi connectivity index (χ0v) is 11.7. The van der Waals surface area contributed by atoms with E-state index in [1.807, 2.05) is 13.0 Å². The molecule has 1 N–H and O–H groups in total. The SMILES string of the molecule is Cc1sc(C(O)Cc2ccccc2F)cc1Br. The van der Waals surface area contributed by atoms with Crippen LogP contribution in [0.2, 0.25) is 0 Å². The fraction of sp³-hybridized carbons (Fsp3) is 0.231. The predicted molar refractivity (Wildman–Crippen MR) is 71.8 cm³/mol. The topological polar surface area (TPSA) is 20.2 Å². The summed E-state index contributed by atoms with van der Waals surface area (Å²) in [7, 11) is 0. The molecule has 1 atom stereocenters. The zero-order chi connectivity index (χ0) is 12.4. The van der Waals surface area contributed by atoms with Crippen LogP contribution in [0, 0.1) is 12.7 Å². The van der Waals surface area contributed by atoms with Crippen LogP contribution in [0.25, 0.3) is 0 Å². The largest absolute Gasteiger partial charge is 0.387 e. The highest BCUT2D eigenvalue weighted by atomic mass is 79.9. The van der Waals surface area contributed by atoms with Crippen LogP contribution in [0.1, 0.15) is 21.4 Å². The van der Waals surface area contributed by atoms with Crippen molar-refractivity contribution in [2.24, 2.45) is 0 Å². The van der Waals surface area contributed by atoms with Crippen molar-refractivity contribution in [1.82, 2.24) is 0 Å². The number of rotatable bonds is 3. The predicted octanol–water partition coefficient (Wildman–Crippen LogP) is 4.23. The van der Waals surface area contributed by atoms with Gasteiger partial charge in [-0.25, -0.2) is 4.39 Å². The lowest BCUT2D eigenvalue weighted by Crippen LogP contribution is -2.01. The highest BCUT2D eigenvalue weighted by molar-refractivity contribution is 9.10. The van der Waals surface area contributed by atoms with Gasteiger partial charge in [0, 0.05) is 20.6 Å². The number of hydrogen-bond acceptors (Lipinski definition) is 2. The van der Waals surface area contributed by atoms with Gasteiger partial charge in [0.15, 0.2) is 0 Å². The Labute approximate surface area is 112 Å². The summed E-state index contributed by atoms with van der Waals surface area (Å²) in [4.78, 5) is 1.98. The fourth-order valence-electron chi connectivity index (χ4n) is 1.62. The molecule has 0 amide bonds. The molecule has 1 heterocycles. The van der Waals surface area contributed by atoms with Gasteiger partial charge < -0.3 is 5.11 Å². The highest BCUT2D eigenvalue weighted by Gasteiger charge is 2.14. The summed E-state index contributed by atoms with van der Waals surface area (Å²) >= 11 is 4.94. The lowest BCUT2D eigenvalue weighted by Gasteiger charge is -2.09. The van der Waals surface area contributed by atoms with Gasteiger partial charge in [-0.15, -0.1) is 11.3 Å². The number of benzene rings is 1. The van der Waals surface area contributed by atoms with E-state index in [1.54, 1.807) is 18.2 Å². The minimum Gasteiger partial charge on any atom is -0.387 e. The van der Waals surface area contributed by atoms with Gasteiger partial charge in [0.1, 0.15) is 5.82 Å². The first-order valence-corrected chi connectivity index (χ1v) is 6.86. The van der Waals surface area contributed by atoms with Crippen LogP contribution in [0.4, 0.5) is 4.39 Å². The molecule has 4 heteroatoms. The monoisotopic (exact) mass is 314 g/mol. The molecule has 2 rings (SSSR count). The molecule has 1 nitrogen and oxygen atoms in total. The Bertz CT molecular complexity index is 504. The number of halogens is 2. The maximum atomic E-state index is 13.4. The second kappa shape index (κ2) is 5.29. The van der Waals surface area contributed by atoms with Crippen LogP contribution in [-0.2, 0) is 6.42 Å². The minimum atomic E-state index is -0.651. The Morgan fingerprint density at radius 1 is 1.41 bits per heavy atom. The van der Waals surface area contributed by atoms with Crippen LogP contribution < -0.4 is 0 Å². The molecule has 2 aromatic rings. The van der Waals surface area contributed by atoms with Gasteiger partial charge in [0.05, 0.1) is 6.10 Å². The molecule has 0 spiro atoms. The molecule has 0 aliphatic heterocycles. The second-order valence-electron chi connectivity index (χ2n) is 3.86. The number of aliphatic hydroxyl groups excluding tert-OH is 1. The van der Waals surface area contributed by atoms with Crippen molar-refractivity contribution in [3.63, 3.8) is 0 Å². The zero-order valence-electron chi connectivity index (χ0n) is 9.28. The van der Waals surface area contributed by atoms with Crippen molar-refractivity contribution >= 4 is 27.3 Å². The molecule has 1 unspecified atom stereocenters. The lowest BCUT2D eigenvalue weighted by atomic mass is 10.1. The van der Waals surface area contributed by atoms with Gasteiger partial charge in [-0.3, -0.25) is 0 Å².